The molecule has 0 N–H and O–H groups in total. The summed E-state index contributed by atoms with van der Waals surface area (Å²) in [5, 5.41) is 0.481. The fraction of sp³-hybridized carbons (Fsp3) is 0.0526. The number of nitrogens with zero attached hydrogens (tertiary/aromatic N) is 1. The summed E-state index contributed by atoms with van der Waals surface area (Å²) in [6.45, 7) is 4.04. The standard InChI is InChI=1S/C19H14ClNO3/c1-2-11-23-14-9-7-13(8-10-14)12-17-19(22)24-18(21-17)15-5-3-4-6-16(15)20/h2-10,12H,1,11H2/b17-12+. The van der Waals surface area contributed by atoms with Gasteiger partial charge in [0, 0.05) is 0 Å². The fourth-order valence-corrected chi connectivity index (χ4v) is 2.35. The molecular formula is C19H14ClNO3. The van der Waals surface area contributed by atoms with Crippen molar-refractivity contribution in [3.05, 3.63) is 83.0 Å². The van der Waals surface area contributed by atoms with Gasteiger partial charge in [-0.2, -0.15) is 0 Å². The highest BCUT2D eigenvalue weighted by molar-refractivity contribution is 6.34. The minimum absolute atomic E-state index is 0.211. The zero-order chi connectivity index (χ0) is 16.9. The van der Waals surface area contributed by atoms with Gasteiger partial charge in [0.15, 0.2) is 5.70 Å². The van der Waals surface area contributed by atoms with Crippen LogP contribution in [0.25, 0.3) is 6.08 Å². The Labute approximate surface area is 144 Å². The summed E-state index contributed by atoms with van der Waals surface area (Å²) >= 11 is 6.11. The first-order chi connectivity index (χ1) is 11.7. The molecule has 1 aliphatic heterocycles. The number of ether oxygens (including phenoxy) is 2. The summed E-state index contributed by atoms with van der Waals surface area (Å²) in [6, 6.07) is 14.4. The van der Waals surface area contributed by atoms with Gasteiger partial charge in [-0.3, -0.25) is 0 Å². The topological polar surface area (TPSA) is 47.9 Å². The van der Waals surface area contributed by atoms with E-state index in [-0.39, 0.29) is 11.6 Å². The SMILES string of the molecule is C=CCOc1ccc(/C=C2/N=C(c3ccccc3Cl)OC2=O)cc1. The molecule has 24 heavy (non-hydrogen) atoms. The molecule has 0 atom stereocenters. The van der Waals surface area contributed by atoms with Crippen LogP contribution in [0.4, 0.5) is 0 Å². The maximum Gasteiger partial charge on any atom is 0.363 e. The van der Waals surface area contributed by atoms with Crippen LogP contribution in [0, 0.1) is 0 Å². The molecule has 0 spiro atoms. The molecule has 0 unspecified atom stereocenters. The highest BCUT2D eigenvalue weighted by Gasteiger charge is 2.25. The summed E-state index contributed by atoms with van der Waals surface area (Å²) < 4.78 is 10.6. The highest BCUT2D eigenvalue weighted by atomic mass is 35.5. The Bertz CT molecular complexity index is 838. The van der Waals surface area contributed by atoms with Crippen molar-refractivity contribution in [1.29, 1.82) is 0 Å². The third-order valence-corrected chi connectivity index (χ3v) is 3.61. The molecule has 0 fully saturated rings. The Morgan fingerprint density at radius 1 is 1.17 bits per heavy atom. The van der Waals surface area contributed by atoms with Crippen LogP contribution in [0.5, 0.6) is 5.75 Å². The van der Waals surface area contributed by atoms with Gasteiger partial charge in [-0.05, 0) is 35.9 Å². The molecule has 2 aromatic rings. The Morgan fingerprint density at radius 3 is 2.62 bits per heavy atom. The van der Waals surface area contributed by atoms with Gasteiger partial charge in [-0.15, -0.1) is 0 Å². The monoisotopic (exact) mass is 339 g/mol. The van der Waals surface area contributed by atoms with E-state index in [1.807, 2.05) is 24.3 Å². The molecule has 2 aromatic carbocycles. The fourth-order valence-electron chi connectivity index (χ4n) is 2.13. The summed E-state index contributed by atoms with van der Waals surface area (Å²) in [6.07, 6.45) is 3.33. The first kappa shape index (κ1) is 16.0. The molecule has 0 aliphatic carbocycles. The van der Waals surface area contributed by atoms with Gasteiger partial charge in [-0.25, -0.2) is 9.79 Å². The molecule has 4 nitrogen and oxygen atoms in total. The molecule has 0 aromatic heterocycles. The molecule has 0 saturated carbocycles. The summed E-state index contributed by atoms with van der Waals surface area (Å²) in [4.78, 5) is 16.2. The maximum atomic E-state index is 12.0. The van der Waals surface area contributed by atoms with Crippen molar-refractivity contribution in [1.82, 2.24) is 0 Å². The number of hydrogen-bond donors (Lipinski definition) is 0. The summed E-state index contributed by atoms with van der Waals surface area (Å²) in [5.41, 5.74) is 1.63. The molecule has 0 amide bonds. The normalized spacial score (nSPS) is 15.1. The maximum absolute atomic E-state index is 12.0. The molecule has 0 bridgehead atoms. The quantitative estimate of drug-likeness (QED) is 0.465. The summed E-state index contributed by atoms with van der Waals surface area (Å²) in [7, 11) is 0. The predicted molar refractivity (Wildman–Crippen MR) is 94.2 cm³/mol. The summed E-state index contributed by atoms with van der Waals surface area (Å²) in [5.74, 6) is 0.436. The van der Waals surface area contributed by atoms with Crippen LogP contribution < -0.4 is 4.74 Å². The van der Waals surface area contributed by atoms with Gasteiger partial charge in [-0.1, -0.05) is 48.5 Å². The Balaban J connectivity index is 1.83. The van der Waals surface area contributed by atoms with E-state index in [9.17, 15) is 4.79 Å². The van der Waals surface area contributed by atoms with E-state index in [4.69, 9.17) is 21.1 Å². The third-order valence-electron chi connectivity index (χ3n) is 3.28. The van der Waals surface area contributed by atoms with Crippen molar-refractivity contribution in [2.75, 3.05) is 6.61 Å². The average molecular weight is 340 g/mol. The van der Waals surface area contributed by atoms with Gasteiger partial charge >= 0.3 is 5.97 Å². The first-order valence-electron chi connectivity index (χ1n) is 7.28. The highest BCUT2D eigenvalue weighted by Crippen LogP contribution is 2.24. The van der Waals surface area contributed by atoms with Crippen LogP contribution in [0.2, 0.25) is 5.02 Å². The lowest BCUT2D eigenvalue weighted by Crippen LogP contribution is -2.05. The largest absolute Gasteiger partial charge is 0.490 e. The average Bonchev–Trinajstić information content (AvgIpc) is 2.95. The van der Waals surface area contributed by atoms with Crippen molar-refractivity contribution >= 4 is 29.5 Å². The Morgan fingerprint density at radius 2 is 1.92 bits per heavy atom. The Hall–Kier alpha value is -2.85. The van der Waals surface area contributed by atoms with Crippen LogP contribution in [-0.4, -0.2) is 18.5 Å². The molecule has 5 heteroatoms. The zero-order valence-electron chi connectivity index (χ0n) is 12.7. The molecule has 120 valence electrons. The lowest BCUT2D eigenvalue weighted by atomic mass is 10.2. The van der Waals surface area contributed by atoms with Gasteiger partial charge < -0.3 is 9.47 Å². The van der Waals surface area contributed by atoms with E-state index < -0.39 is 5.97 Å². The second kappa shape index (κ2) is 7.15. The molecule has 0 radical (unpaired) electrons. The molecule has 3 rings (SSSR count). The molecule has 1 aliphatic rings. The van der Waals surface area contributed by atoms with Crippen molar-refractivity contribution in [2.24, 2.45) is 4.99 Å². The number of cyclic esters (lactones) is 1. The number of carbonyl (C=O) groups excluding carboxylic acids is 1. The molecule has 1 heterocycles. The van der Waals surface area contributed by atoms with E-state index in [0.717, 1.165) is 11.3 Å². The second-order valence-corrected chi connectivity index (χ2v) is 5.39. The van der Waals surface area contributed by atoms with Crippen LogP contribution in [0.3, 0.4) is 0 Å². The number of rotatable bonds is 5. The smallest absolute Gasteiger partial charge is 0.363 e. The number of esters is 1. The van der Waals surface area contributed by atoms with Crippen molar-refractivity contribution in [3.8, 4) is 5.75 Å². The van der Waals surface area contributed by atoms with Crippen LogP contribution in [0.15, 0.2) is 71.9 Å². The van der Waals surface area contributed by atoms with E-state index in [1.54, 1.807) is 36.4 Å². The van der Waals surface area contributed by atoms with Gasteiger partial charge in [0.05, 0.1) is 10.6 Å². The van der Waals surface area contributed by atoms with E-state index >= 15 is 0 Å². The van der Waals surface area contributed by atoms with E-state index in [0.29, 0.717) is 17.2 Å². The molecular weight excluding hydrogens is 326 g/mol. The number of carbonyl (C=O) groups is 1. The first-order valence-corrected chi connectivity index (χ1v) is 7.66. The van der Waals surface area contributed by atoms with Crippen molar-refractivity contribution in [3.63, 3.8) is 0 Å². The van der Waals surface area contributed by atoms with Crippen LogP contribution in [0.1, 0.15) is 11.1 Å². The minimum atomic E-state index is -0.503. The predicted octanol–water partition coefficient (Wildman–Crippen LogP) is 4.25. The van der Waals surface area contributed by atoms with Crippen molar-refractivity contribution < 1.29 is 14.3 Å². The lowest BCUT2D eigenvalue weighted by Gasteiger charge is -2.02. The number of aliphatic imine (C=N–C) groups is 1. The van der Waals surface area contributed by atoms with E-state index in [1.165, 1.54) is 0 Å². The Kier molecular flexibility index (Phi) is 4.77. The molecule has 0 saturated heterocycles. The minimum Gasteiger partial charge on any atom is -0.490 e. The lowest BCUT2D eigenvalue weighted by molar-refractivity contribution is -0.129. The second-order valence-electron chi connectivity index (χ2n) is 4.98. The third kappa shape index (κ3) is 3.55. The van der Waals surface area contributed by atoms with Gasteiger partial charge in [0.1, 0.15) is 12.4 Å². The number of halogens is 1. The van der Waals surface area contributed by atoms with Crippen LogP contribution in [-0.2, 0) is 9.53 Å². The van der Waals surface area contributed by atoms with Gasteiger partial charge in [0.2, 0.25) is 5.90 Å². The van der Waals surface area contributed by atoms with Crippen molar-refractivity contribution in [2.45, 2.75) is 0 Å². The number of hydrogen-bond acceptors (Lipinski definition) is 4. The number of benzene rings is 2. The van der Waals surface area contributed by atoms with Crippen LogP contribution >= 0.6 is 11.6 Å². The zero-order valence-corrected chi connectivity index (χ0v) is 13.5. The van der Waals surface area contributed by atoms with E-state index in [2.05, 4.69) is 11.6 Å². The van der Waals surface area contributed by atoms with Gasteiger partial charge in [0.25, 0.3) is 0 Å².